The van der Waals surface area contributed by atoms with Gasteiger partial charge in [-0.15, -0.1) is 0 Å². The molecule has 0 aliphatic rings. The minimum atomic E-state index is -0.529. The Labute approximate surface area is 166 Å². The van der Waals surface area contributed by atoms with Crippen LogP contribution < -0.4 is 5.32 Å². The second-order valence-corrected chi connectivity index (χ2v) is 7.00. The smallest absolute Gasteiger partial charge is 0.242 e. The molecule has 1 atom stereocenters. The van der Waals surface area contributed by atoms with Gasteiger partial charge >= 0.3 is 0 Å². The van der Waals surface area contributed by atoms with Crippen LogP contribution in [0, 0.1) is 6.92 Å². The van der Waals surface area contributed by atoms with Gasteiger partial charge in [0.1, 0.15) is 6.04 Å². The molecular formula is C22H27ClN2O2. The molecule has 0 bridgehead atoms. The van der Waals surface area contributed by atoms with E-state index in [2.05, 4.69) is 5.32 Å². The molecule has 2 rings (SSSR count). The lowest BCUT2D eigenvalue weighted by molar-refractivity contribution is -0.140. The number of carbonyl (C=O) groups is 2. The van der Waals surface area contributed by atoms with Crippen molar-refractivity contribution >= 4 is 23.4 Å². The molecule has 27 heavy (non-hydrogen) atoms. The van der Waals surface area contributed by atoms with Crippen LogP contribution in [0.4, 0.5) is 0 Å². The van der Waals surface area contributed by atoms with E-state index < -0.39 is 6.04 Å². The van der Waals surface area contributed by atoms with E-state index >= 15 is 0 Å². The molecule has 144 valence electrons. The number of likely N-dealkylation sites (N-methyl/N-ethyl adjacent to an activating group) is 1. The van der Waals surface area contributed by atoms with Crippen molar-refractivity contribution in [3.63, 3.8) is 0 Å². The largest absolute Gasteiger partial charge is 0.355 e. The quantitative estimate of drug-likeness (QED) is 0.741. The second-order valence-electron chi connectivity index (χ2n) is 6.59. The van der Waals surface area contributed by atoms with Crippen LogP contribution in [-0.4, -0.2) is 29.3 Å². The van der Waals surface area contributed by atoms with E-state index in [9.17, 15) is 9.59 Å². The number of carbonyl (C=O) groups excluding carboxylic acids is 2. The maximum atomic E-state index is 13.1. The molecular weight excluding hydrogens is 360 g/mol. The van der Waals surface area contributed by atoms with Gasteiger partial charge in [0.15, 0.2) is 0 Å². The summed E-state index contributed by atoms with van der Waals surface area (Å²) < 4.78 is 0. The van der Waals surface area contributed by atoms with Crippen molar-refractivity contribution in [2.75, 3.05) is 6.54 Å². The Morgan fingerprint density at radius 2 is 1.74 bits per heavy atom. The summed E-state index contributed by atoms with van der Waals surface area (Å²) in [4.78, 5) is 27.3. The molecule has 0 aliphatic carbocycles. The third-order valence-corrected chi connectivity index (χ3v) is 4.88. The molecule has 0 saturated heterocycles. The van der Waals surface area contributed by atoms with Crippen LogP contribution in [-0.2, 0) is 22.6 Å². The Balaban J connectivity index is 2.29. The van der Waals surface area contributed by atoms with Gasteiger partial charge in [-0.2, -0.15) is 0 Å². The highest BCUT2D eigenvalue weighted by Gasteiger charge is 2.28. The monoisotopic (exact) mass is 386 g/mol. The Hall–Kier alpha value is -2.33. The van der Waals surface area contributed by atoms with Crippen LogP contribution in [0.5, 0.6) is 0 Å². The first kappa shape index (κ1) is 21.0. The Morgan fingerprint density at radius 3 is 2.33 bits per heavy atom. The fourth-order valence-electron chi connectivity index (χ4n) is 3.00. The molecule has 1 unspecified atom stereocenters. The van der Waals surface area contributed by atoms with Gasteiger partial charge in [0.25, 0.3) is 0 Å². The Morgan fingerprint density at radius 1 is 1.07 bits per heavy atom. The van der Waals surface area contributed by atoms with Crippen molar-refractivity contribution in [2.24, 2.45) is 0 Å². The number of hydrogen-bond donors (Lipinski definition) is 1. The fourth-order valence-corrected chi connectivity index (χ4v) is 3.20. The average Bonchev–Trinajstić information content (AvgIpc) is 2.65. The lowest BCUT2D eigenvalue weighted by Crippen LogP contribution is -2.49. The first-order chi connectivity index (χ1) is 13.0. The molecule has 0 radical (unpaired) electrons. The molecule has 2 amide bonds. The van der Waals surface area contributed by atoms with Gasteiger partial charge in [-0.25, -0.2) is 0 Å². The summed E-state index contributed by atoms with van der Waals surface area (Å²) in [6.07, 6.45) is 0.788. The molecule has 1 N–H and O–H groups in total. The van der Waals surface area contributed by atoms with E-state index in [4.69, 9.17) is 11.6 Å². The van der Waals surface area contributed by atoms with E-state index in [0.29, 0.717) is 24.5 Å². The minimum absolute atomic E-state index is 0.0862. The lowest BCUT2D eigenvalue weighted by atomic mass is 10.1. The number of benzene rings is 2. The average molecular weight is 387 g/mol. The van der Waals surface area contributed by atoms with Gasteiger partial charge in [0.05, 0.1) is 6.42 Å². The standard InChI is InChI=1S/C22H27ClN2O2/c1-4-20(22(27)24-5-2)25(15-18-8-6-7-9-19(18)23)21(26)14-17-12-10-16(3)11-13-17/h6-13,20H,4-5,14-15H2,1-3H3,(H,24,27). The molecule has 0 aliphatic heterocycles. The summed E-state index contributed by atoms with van der Waals surface area (Å²) in [6.45, 7) is 6.63. The van der Waals surface area contributed by atoms with Crippen LogP contribution in [0.3, 0.4) is 0 Å². The van der Waals surface area contributed by atoms with Crippen LogP contribution in [0.15, 0.2) is 48.5 Å². The van der Waals surface area contributed by atoms with Gasteiger partial charge in [0.2, 0.25) is 11.8 Å². The normalized spacial score (nSPS) is 11.7. The van der Waals surface area contributed by atoms with Crippen molar-refractivity contribution in [3.8, 4) is 0 Å². The molecule has 2 aromatic carbocycles. The number of hydrogen-bond acceptors (Lipinski definition) is 2. The number of nitrogens with zero attached hydrogens (tertiary/aromatic N) is 1. The zero-order valence-electron chi connectivity index (χ0n) is 16.2. The third-order valence-electron chi connectivity index (χ3n) is 4.51. The Bertz CT molecular complexity index is 774. The summed E-state index contributed by atoms with van der Waals surface area (Å²) in [6, 6.07) is 14.8. The van der Waals surface area contributed by atoms with E-state index in [-0.39, 0.29) is 18.2 Å². The number of aryl methyl sites for hydroxylation is 1. The summed E-state index contributed by atoms with van der Waals surface area (Å²) >= 11 is 6.30. The first-order valence-corrected chi connectivity index (χ1v) is 9.70. The van der Waals surface area contributed by atoms with Gasteiger partial charge in [-0.3, -0.25) is 9.59 Å². The molecule has 0 aromatic heterocycles. The molecule has 4 nitrogen and oxygen atoms in total. The van der Waals surface area contributed by atoms with Crippen molar-refractivity contribution in [1.29, 1.82) is 0 Å². The van der Waals surface area contributed by atoms with Gasteiger partial charge < -0.3 is 10.2 Å². The summed E-state index contributed by atoms with van der Waals surface area (Å²) in [5.41, 5.74) is 2.91. The van der Waals surface area contributed by atoms with Crippen LogP contribution >= 0.6 is 11.6 Å². The van der Waals surface area contributed by atoms with E-state index in [0.717, 1.165) is 16.7 Å². The zero-order chi connectivity index (χ0) is 19.8. The van der Waals surface area contributed by atoms with E-state index in [1.54, 1.807) is 11.0 Å². The molecule has 0 fully saturated rings. The SMILES string of the molecule is CCNC(=O)C(CC)N(Cc1ccccc1Cl)C(=O)Cc1ccc(C)cc1. The number of halogens is 1. The van der Waals surface area contributed by atoms with Gasteiger partial charge in [0, 0.05) is 18.1 Å². The maximum Gasteiger partial charge on any atom is 0.242 e. The number of nitrogens with one attached hydrogen (secondary N) is 1. The summed E-state index contributed by atoms with van der Waals surface area (Å²) in [5.74, 6) is -0.221. The van der Waals surface area contributed by atoms with Gasteiger partial charge in [-0.1, -0.05) is 66.6 Å². The molecule has 0 heterocycles. The summed E-state index contributed by atoms with van der Waals surface area (Å²) in [7, 11) is 0. The molecule has 5 heteroatoms. The fraction of sp³-hybridized carbons (Fsp3) is 0.364. The summed E-state index contributed by atoms with van der Waals surface area (Å²) in [5, 5.41) is 3.43. The Kier molecular flexibility index (Phi) is 7.86. The second kappa shape index (κ2) is 10.1. The predicted molar refractivity (Wildman–Crippen MR) is 110 cm³/mol. The van der Waals surface area contributed by atoms with E-state index in [1.807, 2.05) is 63.2 Å². The third kappa shape index (κ3) is 5.83. The highest BCUT2D eigenvalue weighted by molar-refractivity contribution is 6.31. The minimum Gasteiger partial charge on any atom is -0.355 e. The molecule has 0 spiro atoms. The topological polar surface area (TPSA) is 49.4 Å². The molecule has 0 saturated carbocycles. The van der Waals surface area contributed by atoms with Crippen LogP contribution in [0.25, 0.3) is 0 Å². The lowest BCUT2D eigenvalue weighted by Gasteiger charge is -2.31. The van der Waals surface area contributed by atoms with Crippen molar-refractivity contribution < 1.29 is 9.59 Å². The maximum absolute atomic E-state index is 13.1. The van der Waals surface area contributed by atoms with Crippen LogP contribution in [0.2, 0.25) is 5.02 Å². The number of rotatable bonds is 8. The zero-order valence-corrected chi connectivity index (χ0v) is 16.9. The van der Waals surface area contributed by atoms with Crippen molar-refractivity contribution in [3.05, 3.63) is 70.2 Å². The number of amides is 2. The van der Waals surface area contributed by atoms with Crippen LogP contribution in [0.1, 0.15) is 37.0 Å². The van der Waals surface area contributed by atoms with E-state index in [1.165, 1.54) is 0 Å². The van der Waals surface area contributed by atoms with Gasteiger partial charge in [-0.05, 0) is 37.5 Å². The van der Waals surface area contributed by atoms with Crippen molar-refractivity contribution in [2.45, 2.75) is 46.2 Å². The first-order valence-electron chi connectivity index (χ1n) is 9.32. The predicted octanol–water partition coefficient (Wildman–Crippen LogP) is 4.13. The van der Waals surface area contributed by atoms with Crippen molar-refractivity contribution in [1.82, 2.24) is 10.2 Å². The molecule has 2 aromatic rings. The highest BCUT2D eigenvalue weighted by atomic mass is 35.5. The highest BCUT2D eigenvalue weighted by Crippen LogP contribution is 2.20.